The molecule has 0 aliphatic carbocycles. The third kappa shape index (κ3) is 0.245. The van der Waals surface area contributed by atoms with Gasteiger partial charge in [0.1, 0.15) is 0 Å². The molecule has 0 bridgehead atoms. The third-order valence-electron chi connectivity index (χ3n) is 18.2. The molecule has 0 saturated carbocycles. The van der Waals surface area contributed by atoms with Gasteiger partial charge in [0.05, 0.1) is 0 Å². The first-order valence-corrected chi connectivity index (χ1v) is 19.4. The fourth-order valence-electron chi connectivity index (χ4n) is 20.0. The minimum atomic E-state index is -3.69. The van der Waals surface area contributed by atoms with Crippen LogP contribution in [0.2, 0.25) is 42.8 Å². The Morgan fingerprint density at radius 2 is 1.40 bits per heavy atom. The summed E-state index contributed by atoms with van der Waals surface area (Å²) in [4.78, 5) is 15.3. The van der Waals surface area contributed by atoms with Crippen LogP contribution in [0.25, 0.3) is 0 Å². The van der Waals surface area contributed by atoms with E-state index in [1.165, 1.54) is 39.6 Å². The minimum absolute atomic E-state index is 0.308. The second-order valence-electron chi connectivity index (χ2n) is 14.3. The molecule has 10 fully saturated rings. The van der Waals surface area contributed by atoms with E-state index in [1.54, 1.807) is 10.6 Å². The number of benzene rings is 2. The second-order valence-corrected chi connectivity index (χ2v) is 40.3. The van der Waals surface area contributed by atoms with Crippen molar-refractivity contribution in [1.82, 2.24) is 0 Å². The number of hydrogen-bond donors (Lipinski definition) is 0. The van der Waals surface area contributed by atoms with Crippen LogP contribution in [-0.4, -0.2) is 22.6 Å². The van der Waals surface area contributed by atoms with Gasteiger partial charge in [-0.1, -0.05) is 0 Å². The normalized spacial score (nSPS) is 79.8. The van der Waals surface area contributed by atoms with E-state index in [-0.39, 0.29) is 7.92 Å². The first-order chi connectivity index (χ1) is 14.5. The van der Waals surface area contributed by atoms with Crippen LogP contribution >= 0.6 is 7.92 Å². The van der Waals surface area contributed by atoms with Crippen molar-refractivity contribution in [2.75, 3.05) is 6.61 Å². The first-order valence-electron chi connectivity index (χ1n) is 11.8. The zero-order chi connectivity index (χ0) is 19.0. The molecule has 2 aromatic carbocycles. The molecule has 2 nitrogen and oxygen atoms in total. The molecule has 13 rings (SSSR count). The summed E-state index contributed by atoms with van der Waals surface area (Å²) in [5, 5.41) is 3.33. The first kappa shape index (κ1) is 13.4. The predicted molar refractivity (Wildman–Crippen MR) is 117 cm³/mol. The Kier molecular flexibility index (Phi) is 0.773. The molecule has 0 N–H and O–H groups in total. The molecule has 4 unspecified atom stereocenters. The van der Waals surface area contributed by atoms with Gasteiger partial charge in [0.2, 0.25) is 0 Å². The van der Waals surface area contributed by atoms with E-state index in [1.807, 2.05) is 0 Å². The van der Waals surface area contributed by atoms with Crippen LogP contribution in [-0.2, 0) is 11.2 Å². The molecule has 0 aromatic heterocycles. The summed E-state index contributed by atoms with van der Waals surface area (Å²) in [6, 6.07) is 24.0. The monoisotopic (exact) mass is 453 g/mol. The van der Waals surface area contributed by atoms with Crippen molar-refractivity contribution in [3.63, 3.8) is 0 Å². The van der Waals surface area contributed by atoms with E-state index < -0.39 is 6.51 Å². The maximum atomic E-state index is 6.63. The summed E-state index contributed by atoms with van der Waals surface area (Å²) < 4.78 is 7.84. The molecule has 11 aliphatic heterocycles. The van der Waals surface area contributed by atoms with Gasteiger partial charge in [-0.25, -0.2) is 0 Å². The summed E-state index contributed by atoms with van der Waals surface area (Å²) in [5.74, 6) is 1.36. The Morgan fingerprint density at radius 3 is 1.83 bits per heavy atom. The summed E-state index contributed by atoms with van der Waals surface area (Å²) in [6.45, 7) is -0.554. The number of fused-ring (bicyclic) bond motifs is 10. The standard InChI is InChI=1S/C21H19NOP.C5H5.Fe/c1-16-15-23-21(22-16)19-13-8-14-20(19)24(17-9-4-2-5-10-17)18-11-6-3-7-12-18;1-2-4-5-3-1;/h2-14,16H,15H2,1H3;1-5H;/t16-;;/m0../s1. The molecule has 6 atom stereocenters. The number of rotatable bonds is 4. The third-order valence-corrected chi connectivity index (χ3v) is 67.9. The molecule has 0 radical (unpaired) electrons. The number of hydrogen-bond acceptors (Lipinski definition) is 2. The van der Waals surface area contributed by atoms with Gasteiger partial charge in [0.25, 0.3) is 0 Å². The van der Waals surface area contributed by atoms with Crippen molar-refractivity contribution in [3.8, 4) is 0 Å². The maximum absolute atomic E-state index is 6.63. The van der Waals surface area contributed by atoms with Crippen LogP contribution < -0.4 is 10.6 Å². The molecule has 30 heavy (non-hydrogen) atoms. The van der Waals surface area contributed by atoms with Gasteiger partial charge >= 0.3 is 168 Å². The summed E-state index contributed by atoms with van der Waals surface area (Å²) in [7, 11) is -0.308. The topological polar surface area (TPSA) is 21.6 Å². The Labute approximate surface area is 167 Å². The van der Waals surface area contributed by atoms with Gasteiger partial charge in [-0.2, -0.15) is 0 Å². The molecule has 0 amide bonds. The molecule has 4 heteroatoms. The average Bonchev–Trinajstić information content (AvgIpc) is 3.67. The Hall–Kier alpha value is -1.14. The molecule has 152 valence electrons. The molecule has 11 aliphatic rings. The van der Waals surface area contributed by atoms with Gasteiger partial charge in [-0.05, 0) is 0 Å². The van der Waals surface area contributed by atoms with Gasteiger partial charge in [0.15, 0.2) is 0 Å². The van der Waals surface area contributed by atoms with Crippen molar-refractivity contribution in [3.05, 3.63) is 60.7 Å². The van der Waals surface area contributed by atoms with Crippen LogP contribution in [0.15, 0.2) is 65.7 Å². The molecular formula is C26H24FeNOP. The fraction of sp³-hybridized carbons (Fsp3) is 0.500. The molecule has 2 aromatic rings. The van der Waals surface area contributed by atoms with Crippen molar-refractivity contribution >= 4 is 24.4 Å². The number of aliphatic imine (C=N–C) groups is 1. The van der Waals surface area contributed by atoms with Gasteiger partial charge in [-0.15, -0.1) is 0 Å². The van der Waals surface area contributed by atoms with E-state index in [4.69, 9.17) is 9.73 Å². The summed E-state index contributed by atoms with van der Waals surface area (Å²) >= 11 is 0. The van der Waals surface area contributed by atoms with Crippen molar-refractivity contribution in [2.45, 2.75) is 59.9 Å². The average molecular weight is 453 g/mol. The van der Waals surface area contributed by atoms with Crippen LogP contribution in [0.4, 0.5) is 0 Å². The van der Waals surface area contributed by atoms with E-state index >= 15 is 0 Å². The summed E-state index contributed by atoms with van der Waals surface area (Å²) in [6.07, 6.45) is 0. The number of nitrogens with zero attached hydrogens (tertiary/aromatic N) is 1. The van der Waals surface area contributed by atoms with E-state index in [0.29, 0.717) is 14.4 Å². The summed E-state index contributed by atoms with van der Waals surface area (Å²) in [5.41, 5.74) is 0. The second kappa shape index (κ2) is 1.73. The van der Waals surface area contributed by atoms with Crippen molar-refractivity contribution in [1.29, 1.82) is 0 Å². The van der Waals surface area contributed by atoms with Gasteiger partial charge < -0.3 is 0 Å². The van der Waals surface area contributed by atoms with Crippen LogP contribution in [0.5, 0.6) is 0 Å². The molecule has 10 saturated heterocycles. The van der Waals surface area contributed by atoms with E-state index in [9.17, 15) is 0 Å². The quantitative estimate of drug-likeness (QED) is 0.436. The zero-order valence-corrected chi connectivity index (χ0v) is 18.8. The van der Waals surface area contributed by atoms with Crippen molar-refractivity contribution < 1.29 is 11.2 Å². The van der Waals surface area contributed by atoms with Crippen LogP contribution in [0.1, 0.15) is 6.92 Å². The molecule has 1 spiro atoms. The predicted octanol–water partition coefficient (Wildman–Crippen LogP) is 5.60. The molecule has 11 heterocycles. The Morgan fingerprint density at radius 1 is 0.833 bits per heavy atom. The van der Waals surface area contributed by atoms with Crippen LogP contribution in [0.3, 0.4) is 0 Å². The van der Waals surface area contributed by atoms with Crippen molar-refractivity contribution in [2.24, 2.45) is 4.99 Å². The Balaban J connectivity index is 1.25. The fourth-order valence-corrected chi connectivity index (χ4v) is 110. The van der Waals surface area contributed by atoms with Gasteiger partial charge in [0, 0.05) is 0 Å². The van der Waals surface area contributed by atoms with E-state index in [0.717, 1.165) is 11.4 Å². The van der Waals surface area contributed by atoms with E-state index in [2.05, 4.69) is 67.6 Å². The van der Waals surface area contributed by atoms with Crippen LogP contribution in [0, 0.1) is 0 Å². The SMILES string of the molecule is C[C@H]1COC([C]23[CH]4[CH]5[CH]6[C@]2(P(c2ccccc2)c2ccccc2)[Fe]54632789[CH]3[CH]2[CH]7[CH]8[CH]39)=N1. The number of ether oxygens (including phenoxy) is 1. The van der Waals surface area contributed by atoms with Gasteiger partial charge in [-0.3, -0.25) is 0 Å². The molecular weight excluding hydrogens is 429 g/mol. The Bertz CT molecular complexity index is 1660. The zero-order valence-electron chi connectivity index (χ0n) is 16.8.